The molecule has 7 heteroatoms. The van der Waals surface area contributed by atoms with E-state index in [1.54, 1.807) is 44.1 Å². The maximum absolute atomic E-state index is 12.9. The number of anilines is 1. The van der Waals surface area contributed by atoms with Gasteiger partial charge in [0.1, 0.15) is 0 Å². The first-order valence-electron chi connectivity index (χ1n) is 9.13. The number of fused-ring (bicyclic) bond motifs is 1. The molecule has 0 spiro atoms. The van der Waals surface area contributed by atoms with Crippen LogP contribution in [0.1, 0.15) is 47.1 Å². The average molecular weight is 380 g/mol. The molecule has 146 valence electrons. The highest BCUT2D eigenvalue weighted by atomic mass is 16.5. The number of hydrogen-bond donors (Lipinski definition) is 1. The molecule has 3 rings (SSSR count). The van der Waals surface area contributed by atoms with Crippen LogP contribution in [0.4, 0.5) is 5.69 Å². The smallest absolute Gasteiger partial charge is 0.259 e. The number of pyridine rings is 1. The van der Waals surface area contributed by atoms with E-state index in [1.165, 1.54) is 0 Å². The normalized spacial score (nSPS) is 11.1. The van der Waals surface area contributed by atoms with E-state index in [1.807, 2.05) is 26.0 Å². The van der Waals surface area contributed by atoms with Gasteiger partial charge in [-0.25, -0.2) is 4.98 Å². The fourth-order valence-corrected chi connectivity index (χ4v) is 2.83. The maximum Gasteiger partial charge on any atom is 0.259 e. The molecular formula is C21H24N4O3. The van der Waals surface area contributed by atoms with E-state index in [4.69, 9.17) is 4.52 Å². The van der Waals surface area contributed by atoms with Gasteiger partial charge in [-0.3, -0.25) is 9.59 Å². The minimum atomic E-state index is -0.252. The number of aromatic nitrogens is 2. The Balaban J connectivity index is 1.85. The topological polar surface area (TPSA) is 88.3 Å². The lowest BCUT2D eigenvalue weighted by atomic mass is 10.0. The summed E-state index contributed by atoms with van der Waals surface area (Å²) in [6.45, 7) is 5.80. The third kappa shape index (κ3) is 4.03. The Kier molecular flexibility index (Phi) is 5.44. The van der Waals surface area contributed by atoms with Crippen LogP contribution in [0, 0.1) is 6.92 Å². The summed E-state index contributed by atoms with van der Waals surface area (Å²) < 4.78 is 5.28. The Labute approximate surface area is 163 Å². The second-order valence-electron chi connectivity index (χ2n) is 7.31. The van der Waals surface area contributed by atoms with Gasteiger partial charge in [0.05, 0.1) is 23.1 Å². The SMILES string of the molecule is Cc1noc2nc(C(C)C)cc(C(=O)Nc3ccc(CC(=O)N(C)C)cc3)c12. The van der Waals surface area contributed by atoms with Crippen LogP contribution in [0.5, 0.6) is 0 Å². The minimum absolute atomic E-state index is 0.0279. The molecule has 0 saturated heterocycles. The zero-order valence-electron chi connectivity index (χ0n) is 16.7. The first-order chi connectivity index (χ1) is 13.3. The zero-order chi connectivity index (χ0) is 20.4. The van der Waals surface area contributed by atoms with Crippen LogP contribution in [-0.4, -0.2) is 41.0 Å². The molecule has 2 heterocycles. The van der Waals surface area contributed by atoms with E-state index >= 15 is 0 Å². The lowest BCUT2D eigenvalue weighted by molar-refractivity contribution is -0.127. The number of carbonyl (C=O) groups is 2. The van der Waals surface area contributed by atoms with Crippen LogP contribution in [0.3, 0.4) is 0 Å². The van der Waals surface area contributed by atoms with Gasteiger partial charge < -0.3 is 14.7 Å². The van der Waals surface area contributed by atoms with E-state index in [9.17, 15) is 9.59 Å². The van der Waals surface area contributed by atoms with Crippen LogP contribution in [-0.2, 0) is 11.2 Å². The molecule has 0 saturated carbocycles. The molecule has 28 heavy (non-hydrogen) atoms. The van der Waals surface area contributed by atoms with Gasteiger partial charge in [0, 0.05) is 25.5 Å². The summed E-state index contributed by atoms with van der Waals surface area (Å²) >= 11 is 0. The van der Waals surface area contributed by atoms with Crippen molar-refractivity contribution in [3.63, 3.8) is 0 Å². The molecule has 3 aromatic rings. The van der Waals surface area contributed by atoms with E-state index < -0.39 is 0 Å². The van der Waals surface area contributed by atoms with Gasteiger partial charge in [0.15, 0.2) is 0 Å². The predicted octanol–water partition coefficient (Wildman–Crippen LogP) is 3.54. The van der Waals surface area contributed by atoms with Gasteiger partial charge >= 0.3 is 0 Å². The minimum Gasteiger partial charge on any atom is -0.349 e. The largest absolute Gasteiger partial charge is 0.349 e. The number of likely N-dealkylation sites (N-methyl/N-ethyl adjacent to an activating group) is 1. The number of aryl methyl sites for hydroxylation is 1. The summed E-state index contributed by atoms with van der Waals surface area (Å²) in [6, 6.07) is 9.04. The van der Waals surface area contributed by atoms with E-state index in [0.717, 1.165) is 11.3 Å². The van der Waals surface area contributed by atoms with Crippen molar-refractivity contribution in [3.05, 3.63) is 52.8 Å². The summed E-state index contributed by atoms with van der Waals surface area (Å²) in [5, 5.41) is 7.47. The average Bonchev–Trinajstić information content (AvgIpc) is 3.03. The number of carbonyl (C=O) groups excluding carboxylic acids is 2. The Morgan fingerprint density at radius 1 is 1.18 bits per heavy atom. The van der Waals surface area contributed by atoms with Gasteiger partial charge in [-0.15, -0.1) is 0 Å². The third-order valence-electron chi connectivity index (χ3n) is 4.54. The molecule has 0 unspecified atom stereocenters. The molecule has 0 fully saturated rings. The number of nitrogens with one attached hydrogen (secondary N) is 1. The summed E-state index contributed by atoms with van der Waals surface area (Å²) in [4.78, 5) is 30.8. The van der Waals surface area contributed by atoms with Gasteiger partial charge in [-0.2, -0.15) is 0 Å². The fraction of sp³-hybridized carbons (Fsp3) is 0.333. The zero-order valence-corrected chi connectivity index (χ0v) is 16.7. The molecule has 0 aliphatic heterocycles. The standard InChI is InChI=1S/C21H24N4O3/c1-12(2)17-11-16(19-13(3)24-28-21(19)23-17)20(27)22-15-8-6-14(7-9-15)10-18(26)25(4)5/h6-9,11-12H,10H2,1-5H3,(H,22,27). The van der Waals surface area contributed by atoms with E-state index in [0.29, 0.717) is 34.5 Å². The van der Waals surface area contributed by atoms with E-state index in [-0.39, 0.29) is 17.7 Å². The van der Waals surface area contributed by atoms with Crippen molar-refractivity contribution in [3.8, 4) is 0 Å². The van der Waals surface area contributed by atoms with Crippen LogP contribution in [0.25, 0.3) is 11.1 Å². The summed E-state index contributed by atoms with van der Waals surface area (Å²) in [7, 11) is 3.45. The van der Waals surface area contributed by atoms with Gasteiger partial charge in [0.25, 0.3) is 11.6 Å². The number of benzene rings is 1. The van der Waals surface area contributed by atoms with Crippen molar-refractivity contribution in [2.45, 2.75) is 33.1 Å². The van der Waals surface area contributed by atoms with Gasteiger partial charge in [-0.05, 0) is 36.6 Å². The Morgan fingerprint density at radius 2 is 1.86 bits per heavy atom. The molecule has 1 aromatic carbocycles. The molecular weight excluding hydrogens is 356 g/mol. The molecule has 2 aromatic heterocycles. The number of amides is 2. The maximum atomic E-state index is 12.9. The van der Waals surface area contributed by atoms with Crippen molar-refractivity contribution in [1.29, 1.82) is 0 Å². The molecule has 1 N–H and O–H groups in total. The highest BCUT2D eigenvalue weighted by Crippen LogP contribution is 2.26. The number of rotatable bonds is 5. The van der Waals surface area contributed by atoms with Gasteiger partial charge in [-0.1, -0.05) is 31.1 Å². The molecule has 0 aliphatic rings. The highest BCUT2D eigenvalue weighted by Gasteiger charge is 2.20. The number of hydrogen-bond acceptors (Lipinski definition) is 5. The quantitative estimate of drug-likeness (QED) is 0.731. The second kappa shape index (κ2) is 7.80. The fourth-order valence-electron chi connectivity index (χ4n) is 2.83. The highest BCUT2D eigenvalue weighted by molar-refractivity contribution is 6.12. The van der Waals surface area contributed by atoms with Crippen LogP contribution in [0.15, 0.2) is 34.9 Å². The van der Waals surface area contributed by atoms with Crippen molar-refractivity contribution >= 4 is 28.6 Å². The number of nitrogens with zero attached hydrogens (tertiary/aromatic N) is 3. The molecule has 0 aliphatic carbocycles. The molecule has 0 atom stereocenters. The van der Waals surface area contributed by atoms with Crippen molar-refractivity contribution < 1.29 is 14.1 Å². The van der Waals surface area contributed by atoms with E-state index in [2.05, 4.69) is 15.5 Å². The summed E-state index contributed by atoms with van der Waals surface area (Å²) in [6.07, 6.45) is 0.323. The van der Waals surface area contributed by atoms with Crippen LogP contribution >= 0.6 is 0 Å². The van der Waals surface area contributed by atoms with Crippen molar-refractivity contribution in [2.75, 3.05) is 19.4 Å². The first kappa shape index (κ1) is 19.5. The summed E-state index contributed by atoms with van der Waals surface area (Å²) in [5.41, 5.74) is 3.79. The Hall–Kier alpha value is -3.22. The predicted molar refractivity (Wildman–Crippen MR) is 107 cm³/mol. The van der Waals surface area contributed by atoms with Crippen molar-refractivity contribution in [1.82, 2.24) is 15.0 Å². The van der Waals surface area contributed by atoms with Crippen LogP contribution < -0.4 is 5.32 Å². The molecule has 7 nitrogen and oxygen atoms in total. The molecule has 0 radical (unpaired) electrons. The monoisotopic (exact) mass is 380 g/mol. The second-order valence-corrected chi connectivity index (χ2v) is 7.31. The third-order valence-corrected chi connectivity index (χ3v) is 4.54. The molecule has 2 amide bonds. The first-order valence-corrected chi connectivity index (χ1v) is 9.13. The Morgan fingerprint density at radius 3 is 2.46 bits per heavy atom. The lowest BCUT2D eigenvalue weighted by Crippen LogP contribution is -2.23. The van der Waals surface area contributed by atoms with Crippen LogP contribution in [0.2, 0.25) is 0 Å². The molecule has 0 bridgehead atoms. The van der Waals surface area contributed by atoms with Crippen molar-refractivity contribution in [2.24, 2.45) is 0 Å². The lowest BCUT2D eigenvalue weighted by Gasteiger charge is -2.11. The Bertz CT molecular complexity index is 1020. The van der Waals surface area contributed by atoms with Gasteiger partial charge in [0.2, 0.25) is 5.91 Å². The summed E-state index contributed by atoms with van der Waals surface area (Å²) in [5.74, 6) is -0.0762.